The van der Waals surface area contributed by atoms with Crippen molar-refractivity contribution < 1.29 is 4.80 Å². The Balaban J connectivity index is 1.44. The van der Waals surface area contributed by atoms with Gasteiger partial charge in [0.05, 0.1) is 11.0 Å². The van der Waals surface area contributed by atoms with Gasteiger partial charge in [-0.2, -0.15) is 0 Å². The molecule has 1 unspecified atom stereocenters. The Labute approximate surface area is 333 Å². The Kier molecular flexibility index (Phi) is 6.34. The molecule has 0 spiro atoms. The van der Waals surface area contributed by atoms with Crippen molar-refractivity contribution in [2.75, 3.05) is 0 Å². The number of fused-ring (bicyclic) bond motifs is 13. The predicted octanol–water partition coefficient (Wildman–Crippen LogP) is 8.19. The Morgan fingerprint density at radius 2 is 0.877 bits per heavy atom. The minimum atomic E-state index is -4.19. The van der Waals surface area contributed by atoms with Crippen molar-refractivity contribution in [3.63, 3.8) is 0 Å². The van der Waals surface area contributed by atoms with Crippen LogP contribution in [0.15, 0.2) is 92.8 Å². The molecule has 3 aromatic heterocycles. The summed E-state index contributed by atoms with van der Waals surface area (Å²) >= 11 is 0. The van der Waals surface area contributed by atoms with E-state index in [1.54, 1.807) is 0 Å². The molecule has 0 saturated heterocycles. The van der Waals surface area contributed by atoms with Crippen molar-refractivity contribution in [1.29, 1.82) is 0 Å². The van der Waals surface area contributed by atoms with E-state index in [4.69, 9.17) is 20.0 Å². The zero-order valence-corrected chi connectivity index (χ0v) is 36.0. The monoisotopic (exact) mass is 767 g/mol. The van der Waals surface area contributed by atoms with Gasteiger partial charge in [0.15, 0.2) is 5.84 Å². The van der Waals surface area contributed by atoms with Crippen LogP contribution in [0.5, 0.6) is 0 Å². The van der Waals surface area contributed by atoms with Crippen molar-refractivity contribution in [3.8, 4) is 0 Å². The zero-order valence-electron chi connectivity index (χ0n) is 35.0. The molecule has 11 rings (SSSR count). The maximum atomic E-state index is 14.5. The summed E-state index contributed by atoms with van der Waals surface area (Å²) in [6, 6.07) is 26.8. The topological polar surface area (TPSA) is 84.5 Å². The van der Waals surface area contributed by atoms with E-state index in [0.717, 1.165) is 77.1 Å². The summed E-state index contributed by atoms with van der Waals surface area (Å²) in [5.41, 5.74) is 9.42. The maximum Gasteiger partial charge on any atom is 0.562 e. The molecule has 286 valence electrons. The van der Waals surface area contributed by atoms with Crippen LogP contribution in [0.25, 0.3) is 38.0 Å². The van der Waals surface area contributed by atoms with E-state index < -0.39 is 8.80 Å². The molecule has 8 nitrogen and oxygen atoms in total. The second kappa shape index (κ2) is 10.4. The molecular formula is C48H49N7OSi. The quantitative estimate of drug-likeness (QED) is 0.155. The van der Waals surface area contributed by atoms with E-state index in [-0.39, 0.29) is 21.7 Å². The molecule has 4 aliphatic rings. The summed E-state index contributed by atoms with van der Waals surface area (Å²) in [7, 11) is -4.19. The molecule has 4 aromatic carbocycles. The second-order valence-electron chi connectivity index (χ2n) is 20.7. The lowest BCUT2D eigenvalue weighted by molar-refractivity contribution is 0.455. The number of benzene rings is 4. The van der Waals surface area contributed by atoms with Crippen LogP contribution in [0.3, 0.4) is 0 Å². The summed E-state index contributed by atoms with van der Waals surface area (Å²) < 4.78 is 6.37. The Morgan fingerprint density at radius 1 is 0.421 bits per heavy atom. The van der Waals surface area contributed by atoms with Crippen molar-refractivity contribution in [1.82, 2.24) is 12.7 Å². The first-order valence-corrected chi connectivity index (χ1v) is 22.0. The number of hydrogen-bond acceptors (Lipinski definition) is 5. The molecule has 0 saturated carbocycles. The van der Waals surface area contributed by atoms with Crippen molar-refractivity contribution in [2.45, 2.75) is 105 Å². The molecule has 4 aliphatic heterocycles. The highest BCUT2D eigenvalue weighted by molar-refractivity contribution is 6.70. The smallest absolute Gasteiger partial charge is 0.382 e. The lowest BCUT2D eigenvalue weighted by Crippen LogP contribution is -2.71. The van der Waals surface area contributed by atoms with Gasteiger partial charge in [0.1, 0.15) is 28.1 Å². The van der Waals surface area contributed by atoms with Gasteiger partial charge in [0.2, 0.25) is 0 Å². The molecule has 7 aromatic rings. The highest BCUT2D eigenvalue weighted by Crippen LogP contribution is 2.45. The summed E-state index contributed by atoms with van der Waals surface area (Å²) in [5.74, 6) is 2.12. The van der Waals surface area contributed by atoms with Crippen LogP contribution in [0, 0.1) is 0 Å². The van der Waals surface area contributed by atoms with Gasteiger partial charge >= 0.3 is 8.80 Å². The SMILES string of the molecule is CC(C)(C)c1ccc2c(c1)C1=NC2=c2c3cc(C(C)(C)C)ccc3c3n2[Si]2(O)n4c(c5ccc(C(C)(C)C)cc5c4N=3)N=c3c4cc(C(C)(C)C)ccc4c(n32)=N1. The molecule has 0 fully saturated rings. The molecule has 9 heteroatoms. The number of aromatic nitrogens is 3. The zero-order chi connectivity index (χ0) is 40.1. The van der Waals surface area contributed by atoms with Gasteiger partial charge in [0.25, 0.3) is 0 Å². The van der Waals surface area contributed by atoms with Gasteiger partial charge in [-0.25, -0.2) is 20.0 Å². The minimum absolute atomic E-state index is 0.0756. The van der Waals surface area contributed by atoms with Gasteiger partial charge in [-0.15, -0.1) is 0 Å². The Bertz CT molecular complexity index is 3350. The van der Waals surface area contributed by atoms with Crippen molar-refractivity contribution in [3.05, 3.63) is 128 Å². The molecule has 0 amide bonds. The third-order valence-corrected chi connectivity index (χ3v) is 15.8. The summed E-state index contributed by atoms with van der Waals surface area (Å²) in [4.78, 5) is 36.8. The fraction of sp³-hybridized carbons (Fsp3) is 0.333. The molecule has 0 radical (unpaired) electrons. The van der Waals surface area contributed by atoms with E-state index in [9.17, 15) is 4.80 Å². The van der Waals surface area contributed by atoms with Crippen LogP contribution in [-0.2, 0) is 21.7 Å². The Morgan fingerprint density at radius 3 is 1.47 bits per heavy atom. The number of nitrogens with zero attached hydrogens (tertiary/aromatic N) is 7. The molecule has 1 N–H and O–H groups in total. The lowest BCUT2D eigenvalue weighted by Gasteiger charge is -2.34. The normalized spacial score (nSPS) is 18.1. The van der Waals surface area contributed by atoms with Crippen LogP contribution < -0.4 is 21.8 Å². The number of amidine groups is 1. The van der Waals surface area contributed by atoms with Crippen LogP contribution in [0.1, 0.15) is 116 Å². The second-order valence-corrected chi connectivity index (χ2v) is 23.3. The van der Waals surface area contributed by atoms with Crippen LogP contribution >= 0.6 is 0 Å². The number of hydrogen-bond donors (Lipinski definition) is 1. The van der Waals surface area contributed by atoms with Crippen LogP contribution in [0.4, 0.5) is 11.6 Å². The molecule has 0 aliphatic carbocycles. The van der Waals surface area contributed by atoms with E-state index in [1.165, 1.54) is 22.3 Å². The predicted molar refractivity (Wildman–Crippen MR) is 233 cm³/mol. The number of rotatable bonds is 0. The standard InChI is InChI=1S/C48H49N7OSi/c1-45(2,3)25-14-18-30-33(21-25)38-37-29-17-13-26(46(4,5)6)22-34(29)39(49-37)50-40-31-19-15-27(47(7,8)9)23-35(31)44-52-42-32-20-16-28(48(10,11)12)24-36(32)43-51-41(30)53(38)57(56,54(40)44)55(42)43/h13-24,56H,1-12H3. The van der Waals surface area contributed by atoms with Gasteiger partial charge < -0.3 is 4.80 Å². The molecule has 57 heavy (non-hydrogen) atoms. The lowest BCUT2D eigenvalue weighted by atomic mass is 9.85. The molecule has 7 heterocycles. The first kappa shape index (κ1) is 34.8. The van der Waals surface area contributed by atoms with Gasteiger partial charge in [-0.05, 0) is 68.2 Å². The first-order chi connectivity index (χ1) is 26.7. The highest BCUT2D eigenvalue weighted by atomic mass is 28.4. The van der Waals surface area contributed by atoms with E-state index >= 15 is 0 Å². The van der Waals surface area contributed by atoms with E-state index in [1.807, 2.05) is 0 Å². The fourth-order valence-corrected chi connectivity index (χ4v) is 12.8. The third-order valence-electron chi connectivity index (χ3n) is 12.8. The minimum Gasteiger partial charge on any atom is -0.382 e. The number of aliphatic imine (C=N–C) groups is 1. The average Bonchev–Trinajstić information content (AvgIpc) is 3.85. The largest absolute Gasteiger partial charge is 0.562 e. The molecule has 1 atom stereocenters. The van der Waals surface area contributed by atoms with Crippen molar-refractivity contribution >= 4 is 64.3 Å². The van der Waals surface area contributed by atoms with Crippen LogP contribution in [-0.4, -0.2) is 32.1 Å². The van der Waals surface area contributed by atoms with Gasteiger partial charge in [-0.1, -0.05) is 132 Å². The molecule has 2 bridgehead atoms. The maximum absolute atomic E-state index is 14.5. The van der Waals surface area contributed by atoms with E-state index in [0.29, 0.717) is 11.3 Å². The van der Waals surface area contributed by atoms with E-state index in [2.05, 4.69) is 169 Å². The van der Waals surface area contributed by atoms with Gasteiger partial charge in [-0.3, -0.25) is 12.7 Å². The summed E-state index contributed by atoms with van der Waals surface area (Å²) in [6.07, 6.45) is 0. The van der Waals surface area contributed by atoms with Gasteiger partial charge in [0, 0.05) is 43.4 Å². The third kappa shape index (κ3) is 4.41. The van der Waals surface area contributed by atoms with Crippen molar-refractivity contribution in [2.24, 2.45) is 20.0 Å². The first-order valence-electron chi connectivity index (χ1n) is 20.2. The molecular weight excluding hydrogens is 719 g/mol. The summed E-state index contributed by atoms with van der Waals surface area (Å²) in [6.45, 7) is 26.9. The Hall–Kier alpha value is -5.38. The summed E-state index contributed by atoms with van der Waals surface area (Å²) in [5, 5.41) is 6.78. The fourth-order valence-electron chi connectivity index (χ4n) is 9.35. The average molecular weight is 768 g/mol. The van der Waals surface area contributed by atoms with Crippen LogP contribution in [0.2, 0.25) is 0 Å². The highest BCUT2D eigenvalue weighted by Gasteiger charge is 2.54.